The topological polar surface area (TPSA) is 103 Å². The minimum Gasteiger partial charge on any atom is -0.298 e. The zero-order chi connectivity index (χ0) is 12.3. The largest absolute Gasteiger partial charge is 0.298 e. The molecule has 0 amide bonds. The van der Waals surface area contributed by atoms with Crippen LogP contribution in [0.5, 0.6) is 0 Å². The van der Waals surface area contributed by atoms with E-state index in [1.54, 1.807) is 0 Å². The molecule has 0 heterocycles. The van der Waals surface area contributed by atoms with Crippen LogP contribution in [0.3, 0.4) is 0 Å². The Kier molecular flexibility index (Phi) is 2.98. The molecule has 0 saturated heterocycles. The Balaban J connectivity index is 3.29. The normalized spacial score (nSPS) is 24.1. The molecule has 1 atom stereocenters. The molecule has 0 N–H and O–H groups in total. The summed E-state index contributed by atoms with van der Waals surface area (Å²) in [5.74, 6) is 0. The first-order valence-electron chi connectivity index (χ1n) is 4.27. The second kappa shape index (κ2) is 4.05. The molecule has 0 bridgehead atoms. The van der Waals surface area contributed by atoms with Crippen LogP contribution in [0.4, 0.5) is 0 Å². The van der Waals surface area contributed by atoms with Crippen molar-refractivity contribution < 1.29 is 14.6 Å². The molecule has 7 nitrogen and oxygen atoms in total. The molecule has 0 aromatic rings. The Morgan fingerprint density at radius 2 is 1.81 bits per heavy atom. The minimum atomic E-state index is -1.54. The lowest BCUT2D eigenvalue weighted by atomic mass is 10.0. The average Bonchev–Trinajstić information content (AvgIpc) is 2.38. The lowest BCUT2D eigenvalue weighted by Gasteiger charge is -2.09. The summed E-state index contributed by atoms with van der Waals surface area (Å²) in [4.78, 5) is 30.6. The fourth-order valence-corrected chi connectivity index (χ4v) is 1.13. The molecule has 1 aliphatic carbocycles. The molecule has 0 saturated carbocycles. The smallest absolute Gasteiger partial charge is 0.279 e. The van der Waals surface area contributed by atoms with Crippen LogP contribution >= 0.6 is 0 Å². The van der Waals surface area contributed by atoms with Crippen molar-refractivity contribution in [3.63, 3.8) is 0 Å². The molecule has 0 aromatic heterocycles. The molecule has 16 heavy (non-hydrogen) atoms. The second-order valence-corrected chi connectivity index (χ2v) is 3.37. The Labute approximate surface area is 90.1 Å². The summed E-state index contributed by atoms with van der Waals surface area (Å²) in [5, 5.41) is 21.3. The first kappa shape index (κ1) is 11.8. The van der Waals surface area contributed by atoms with E-state index in [0.717, 1.165) is 24.3 Å². The number of allylic oxidation sites excluding steroid dienone is 3. The molecule has 0 fully saturated rings. The first-order chi connectivity index (χ1) is 7.40. The third-order valence-corrected chi connectivity index (χ3v) is 2.19. The van der Waals surface area contributed by atoms with E-state index < -0.39 is 21.1 Å². The van der Waals surface area contributed by atoms with Crippen LogP contribution in [0.15, 0.2) is 35.6 Å². The summed E-state index contributed by atoms with van der Waals surface area (Å²) in [5.41, 5.74) is -2.17. The van der Waals surface area contributed by atoms with Gasteiger partial charge in [-0.15, -0.1) is 0 Å². The maximum Gasteiger partial charge on any atom is 0.279 e. The molecular formula is C9H8N2O5. The van der Waals surface area contributed by atoms with Crippen molar-refractivity contribution in [3.8, 4) is 0 Å². The Bertz CT molecular complexity index is 449. The van der Waals surface area contributed by atoms with Gasteiger partial charge < -0.3 is 0 Å². The molecule has 7 heteroatoms. The number of aldehydes is 1. The van der Waals surface area contributed by atoms with Crippen LogP contribution in [0, 0.1) is 20.2 Å². The van der Waals surface area contributed by atoms with Gasteiger partial charge in [0.05, 0.1) is 10.5 Å². The third kappa shape index (κ3) is 2.02. The van der Waals surface area contributed by atoms with Gasteiger partial charge in [0.15, 0.2) is 6.29 Å². The van der Waals surface area contributed by atoms with Crippen molar-refractivity contribution in [3.05, 3.63) is 55.8 Å². The van der Waals surface area contributed by atoms with Gasteiger partial charge in [-0.2, -0.15) is 0 Å². The fraction of sp³-hybridized carbons (Fsp3) is 0.222. The van der Waals surface area contributed by atoms with E-state index in [1.807, 2.05) is 0 Å². The predicted octanol–water partition coefficient (Wildman–Crippen LogP) is 0.877. The summed E-state index contributed by atoms with van der Waals surface area (Å²) >= 11 is 0. The van der Waals surface area contributed by atoms with Gasteiger partial charge in [-0.25, -0.2) is 0 Å². The molecule has 1 unspecified atom stereocenters. The van der Waals surface area contributed by atoms with Crippen LogP contribution in [0.2, 0.25) is 0 Å². The summed E-state index contributed by atoms with van der Waals surface area (Å²) in [6, 6.07) is 0. The third-order valence-electron chi connectivity index (χ3n) is 2.19. The summed E-state index contributed by atoms with van der Waals surface area (Å²) in [6.07, 6.45) is 4.59. The Morgan fingerprint density at radius 3 is 2.25 bits per heavy atom. The monoisotopic (exact) mass is 224 g/mol. The maximum atomic E-state index is 10.7. The quantitative estimate of drug-likeness (QED) is 0.402. The van der Waals surface area contributed by atoms with Gasteiger partial charge in [0.25, 0.3) is 11.2 Å². The second-order valence-electron chi connectivity index (χ2n) is 3.37. The summed E-state index contributed by atoms with van der Waals surface area (Å²) in [6.45, 7) is 1.28. The number of nitro groups is 2. The highest BCUT2D eigenvalue weighted by Crippen LogP contribution is 2.21. The number of hydrogen-bond acceptors (Lipinski definition) is 5. The van der Waals surface area contributed by atoms with Crippen LogP contribution < -0.4 is 0 Å². The Hall–Kier alpha value is -2.31. The lowest BCUT2D eigenvalue weighted by Crippen LogP contribution is -2.29. The number of carbonyl (C=O) groups excluding carboxylic acids is 1. The minimum absolute atomic E-state index is 0.188. The first-order valence-corrected chi connectivity index (χ1v) is 4.27. The van der Waals surface area contributed by atoms with Crippen molar-refractivity contribution in [1.82, 2.24) is 0 Å². The van der Waals surface area contributed by atoms with E-state index in [-0.39, 0.29) is 5.57 Å². The lowest BCUT2D eigenvalue weighted by molar-refractivity contribution is -0.535. The molecule has 84 valence electrons. The van der Waals surface area contributed by atoms with Gasteiger partial charge in [0.1, 0.15) is 0 Å². The van der Waals surface area contributed by atoms with E-state index in [9.17, 15) is 25.0 Å². The van der Waals surface area contributed by atoms with Crippen molar-refractivity contribution in [2.45, 2.75) is 12.5 Å². The van der Waals surface area contributed by atoms with Crippen molar-refractivity contribution in [2.24, 2.45) is 0 Å². The van der Waals surface area contributed by atoms with Crippen LogP contribution in [0.1, 0.15) is 6.92 Å². The highest BCUT2D eigenvalue weighted by atomic mass is 16.6. The van der Waals surface area contributed by atoms with Crippen LogP contribution in [-0.2, 0) is 4.79 Å². The molecule has 0 radical (unpaired) electrons. The number of hydrogen-bond donors (Lipinski definition) is 0. The predicted molar refractivity (Wildman–Crippen MR) is 53.8 cm³/mol. The molecule has 0 spiro atoms. The van der Waals surface area contributed by atoms with Gasteiger partial charge in [-0.05, 0) is 12.2 Å². The van der Waals surface area contributed by atoms with Gasteiger partial charge in [-0.1, -0.05) is 0 Å². The average molecular weight is 224 g/mol. The molecular weight excluding hydrogens is 216 g/mol. The van der Waals surface area contributed by atoms with E-state index in [2.05, 4.69) is 0 Å². The highest BCUT2D eigenvalue weighted by molar-refractivity contribution is 5.79. The van der Waals surface area contributed by atoms with E-state index in [4.69, 9.17) is 0 Å². The van der Waals surface area contributed by atoms with Crippen molar-refractivity contribution in [1.29, 1.82) is 0 Å². The number of rotatable bonds is 3. The highest BCUT2D eigenvalue weighted by Gasteiger charge is 2.33. The van der Waals surface area contributed by atoms with Gasteiger partial charge in [-0.3, -0.25) is 25.0 Å². The maximum absolute atomic E-state index is 10.7. The van der Waals surface area contributed by atoms with E-state index in [0.29, 0.717) is 6.29 Å². The summed E-state index contributed by atoms with van der Waals surface area (Å²) < 4.78 is 0. The molecule has 1 rings (SSSR count). The van der Waals surface area contributed by atoms with Crippen molar-refractivity contribution >= 4 is 6.29 Å². The molecule has 1 aliphatic rings. The molecule has 0 aromatic carbocycles. The zero-order valence-electron chi connectivity index (χ0n) is 8.32. The van der Waals surface area contributed by atoms with Gasteiger partial charge in [0.2, 0.25) is 0 Å². The standard InChI is InChI=1S/C9H8N2O5/c1-9(11(15)16)4-2-7(6-12)8(3-5-9)10(13)14/h2-6H,1H3. The van der Waals surface area contributed by atoms with Gasteiger partial charge >= 0.3 is 0 Å². The molecule has 0 aliphatic heterocycles. The number of carbonyl (C=O) groups is 1. The Morgan fingerprint density at radius 1 is 1.25 bits per heavy atom. The number of nitrogens with zero attached hydrogens (tertiary/aromatic N) is 2. The van der Waals surface area contributed by atoms with Gasteiger partial charge in [0, 0.05) is 24.0 Å². The van der Waals surface area contributed by atoms with E-state index >= 15 is 0 Å². The van der Waals surface area contributed by atoms with Crippen LogP contribution in [-0.4, -0.2) is 21.7 Å². The summed E-state index contributed by atoms with van der Waals surface area (Å²) in [7, 11) is 0. The fourth-order valence-electron chi connectivity index (χ4n) is 1.13. The van der Waals surface area contributed by atoms with E-state index in [1.165, 1.54) is 6.92 Å². The zero-order valence-corrected chi connectivity index (χ0v) is 8.32. The SMILES string of the molecule is CC1([N+](=O)[O-])C=CC(C=O)=C([N+](=O)[O-])C=C1. The van der Waals surface area contributed by atoms with Crippen molar-refractivity contribution in [2.75, 3.05) is 0 Å². The van der Waals surface area contributed by atoms with Crippen LogP contribution in [0.25, 0.3) is 0 Å².